The van der Waals surface area contributed by atoms with Gasteiger partial charge in [0.15, 0.2) is 5.88 Å². The largest absolute Gasteiger partial charge is 0.476 e. The van der Waals surface area contributed by atoms with Crippen LogP contribution in [0.15, 0.2) is 23.0 Å². The minimum absolute atomic E-state index is 0.129. The van der Waals surface area contributed by atoms with Crippen molar-refractivity contribution in [3.8, 4) is 5.88 Å². The van der Waals surface area contributed by atoms with Gasteiger partial charge in [-0.15, -0.1) is 0 Å². The summed E-state index contributed by atoms with van der Waals surface area (Å²) in [5.41, 5.74) is -0.129. The molecule has 1 N–H and O–H groups in total. The van der Waals surface area contributed by atoms with Crippen LogP contribution in [-0.2, 0) is 0 Å². The third-order valence-electron chi connectivity index (χ3n) is 1.64. The van der Waals surface area contributed by atoms with Crippen molar-refractivity contribution in [2.24, 2.45) is 0 Å². The zero-order valence-electron chi connectivity index (χ0n) is 7.33. The molecule has 0 fully saturated rings. The second kappa shape index (κ2) is 3.95. The van der Waals surface area contributed by atoms with Crippen LogP contribution in [0.3, 0.4) is 0 Å². The number of H-pyrrole nitrogens is 1. The summed E-state index contributed by atoms with van der Waals surface area (Å²) in [7, 11) is 0. The fourth-order valence-corrected chi connectivity index (χ4v) is 0.796. The first-order valence-corrected chi connectivity index (χ1v) is 4.08. The van der Waals surface area contributed by atoms with Crippen LogP contribution in [0.1, 0.15) is 20.3 Å². The highest BCUT2D eigenvalue weighted by atomic mass is 16.5. The first-order chi connectivity index (χ1) is 5.72. The highest BCUT2D eigenvalue weighted by molar-refractivity contribution is 5.09. The van der Waals surface area contributed by atoms with Gasteiger partial charge >= 0.3 is 0 Å². The van der Waals surface area contributed by atoms with Gasteiger partial charge in [-0.2, -0.15) is 0 Å². The number of hydrogen-bond acceptors (Lipinski definition) is 2. The molecule has 0 aliphatic heterocycles. The maximum atomic E-state index is 10.8. The Morgan fingerprint density at radius 2 is 2.33 bits per heavy atom. The number of nitrogens with one attached hydrogen (secondary N) is 1. The van der Waals surface area contributed by atoms with E-state index in [1.165, 1.54) is 6.07 Å². The Bertz CT molecular complexity index is 293. The lowest BCUT2D eigenvalue weighted by molar-refractivity contribution is 0.208. The molecule has 3 heteroatoms. The summed E-state index contributed by atoms with van der Waals surface area (Å²) < 4.78 is 5.39. The molecule has 0 amide bonds. The van der Waals surface area contributed by atoms with Crippen molar-refractivity contribution in [1.29, 1.82) is 0 Å². The average Bonchev–Trinajstić information content (AvgIpc) is 2.04. The van der Waals surface area contributed by atoms with E-state index in [0.717, 1.165) is 6.42 Å². The molecule has 0 spiro atoms. The standard InChI is InChI=1S/C9H13NO2/c1-3-7(2)12-9-6-4-5-8(11)10-9/h4-7H,3H2,1-2H3,(H,10,11). The minimum atomic E-state index is -0.129. The SMILES string of the molecule is CCC(C)Oc1cccc(=O)[nH]1. The normalized spacial score (nSPS) is 12.5. The van der Waals surface area contributed by atoms with Gasteiger partial charge in [0.25, 0.3) is 5.56 Å². The molecule has 3 nitrogen and oxygen atoms in total. The summed E-state index contributed by atoms with van der Waals surface area (Å²) in [6.07, 6.45) is 1.07. The first-order valence-electron chi connectivity index (χ1n) is 4.08. The van der Waals surface area contributed by atoms with E-state index in [1.807, 2.05) is 13.8 Å². The molecule has 0 saturated heterocycles. The number of rotatable bonds is 3. The number of hydrogen-bond donors (Lipinski definition) is 1. The minimum Gasteiger partial charge on any atom is -0.476 e. The smallest absolute Gasteiger partial charge is 0.250 e. The lowest BCUT2D eigenvalue weighted by Gasteiger charge is -2.10. The van der Waals surface area contributed by atoms with Gasteiger partial charge in [0.2, 0.25) is 0 Å². The Kier molecular flexibility index (Phi) is 2.91. The van der Waals surface area contributed by atoms with Crippen LogP contribution < -0.4 is 10.3 Å². The van der Waals surface area contributed by atoms with Crippen LogP contribution in [-0.4, -0.2) is 11.1 Å². The van der Waals surface area contributed by atoms with Crippen LogP contribution in [0.5, 0.6) is 5.88 Å². The van der Waals surface area contributed by atoms with Crippen molar-refractivity contribution in [1.82, 2.24) is 4.98 Å². The molecule has 66 valence electrons. The van der Waals surface area contributed by atoms with Gasteiger partial charge in [-0.1, -0.05) is 13.0 Å². The second-order valence-corrected chi connectivity index (χ2v) is 2.72. The quantitative estimate of drug-likeness (QED) is 0.742. The first kappa shape index (κ1) is 8.84. The Hall–Kier alpha value is -1.25. The Morgan fingerprint density at radius 1 is 1.58 bits per heavy atom. The van der Waals surface area contributed by atoms with E-state index < -0.39 is 0 Å². The van der Waals surface area contributed by atoms with E-state index in [9.17, 15) is 4.79 Å². The van der Waals surface area contributed by atoms with Crippen molar-refractivity contribution in [2.45, 2.75) is 26.4 Å². The number of aromatic nitrogens is 1. The maximum Gasteiger partial charge on any atom is 0.250 e. The summed E-state index contributed by atoms with van der Waals surface area (Å²) in [4.78, 5) is 13.4. The average molecular weight is 167 g/mol. The van der Waals surface area contributed by atoms with Gasteiger partial charge in [0.1, 0.15) is 0 Å². The van der Waals surface area contributed by atoms with Crippen molar-refractivity contribution in [2.75, 3.05) is 0 Å². The molecular formula is C9H13NO2. The Morgan fingerprint density at radius 3 is 2.92 bits per heavy atom. The fourth-order valence-electron chi connectivity index (χ4n) is 0.796. The van der Waals surface area contributed by atoms with E-state index in [0.29, 0.717) is 5.88 Å². The Balaban J connectivity index is 2.69. The summed E-state index contributed by atoms with van der Waals surface area (Å²) in [5, 5.41) is 0. The van der Waals surface area contributed by atoms with Gasteiger partial charge in [0, 0.05) is 6.07 Å². The predicted octanol–water partition coefficient (Wildman–Crippen LogP) is 1.55. The molecule has 1 heterocycles. The van der Waals surface area contributed by atoms with Crippen LogP contribution in [0.2, 0.25) is 0 Å². The van der Waals surface area contributed by atoms with E-state index >= 15 is 0 Å². The molecule has 1 rings (SSSR count). The third kappa shape index (κ3) is 2.42. The zero-order chi connectivity index (χ0) is 8.97. The molecule has 0 saturated carbocycles. The highest BCUT2D eigenvalue weighted by Gasteiger charge is 1.99. The molecule has 0 aliphatic rings. The van der Waals surface area contributed by atoms with E-state index in [2.05, 4.69) is 4.98 Å². The summed E-state index contributed by atoms with van der Waals surface area (Å²) in [5.74, 6) is 0.539. The summed E-state index contributed by atoms with van der Waals surface area (Å²) in [6.45, 7) is 4.00. The monoisotopic (exact) mass is 167 g/mol. The van der Waals surface area contributed by atoms with E-state index in [4.69, 9.17) is 4.74 Å². The van der Waals surface area contributed by atoms with Gasteiger partial charge in [-0.3, -0.25) is 9.78 Å². The van der Waals surface area contributed by atoms with Crippen LogP contribution in [0, 0.1) is 0 Å². The maximum absolute atomic E-state index is 10.8. The van der Waals surface area contributed by atoms with Crippen LogP contribution >= 0.6 is 0 Å². The number of pyridine rings is 1. The second-order valence-electron chi connectivity index (χ2n) is 2.72. The van der Waals surface area contributed by atoms with Gasteiger partial charge in [-0.25, -0.2) is 0 Å². The molecule has 0 bridgehead atoms. The Labute approximate surface area is 71.4 Å². The van der Waals surface area contributed by atoms with Crippen molar-refractivity contribution in [3.05, 3.63) is 28.6 Å². The summed E-state index contributed by atoms with van der Waals surface area (Å²) >= 11 is 0. The van der Waals surface area contributed by atoms with Crippen molar-refractivity contribution >= 4 is 0 Å². The lowest BCUT2D eigenvalue weighted by Crippen LogP contribution is -2.13. The molecule has 1 aromatic rings. The molecule has 0 radical (unpaired) electrons. The topological polar surface area (TPSA) is 42.1 Å². The number of aromatic amines is 1. The van der Waals surface area contributed by atoms with Crippen molar-refractivity contribution < 1.29 is 4.74 Å². The molecule has 12 heavy (non-hydrogen) atoms. The fraction of sp³-hybridized carbons (Fsp3) is 0.444. The molecule has 0 aliphatic carbocycles. The third-order valence-corrected chi connectivity index (χ3v) is 1.64. The lowest BCUT2D eigenvalue weighted by atomic mass is 10.3. The highest BCUT2D eigenvalue weighted by Crippen LogP contribution is 2.05. The van der Waals surface area contributed by atoms with Crippen LogP contribution in [0.25, 0.3) is 0 Å². The molecule has 1 atom stereocenters. The van der Waals surface area contributed by atoms with Crippen LogP contribution in [0.4, 0.5) is 0 Å². The molecule has 0 aromatic carbocycles. The van der Waals surface area contributed by atoms with Gasteiger partial charge in [-0.05, 0) is 19.4 Å². The van der Waals surface area contributed by atoms with E-state index in [-0.39, 0.29) is 11.7 Å². The van der Waals surface area contributed by atoms with E-state index in [1.54, 1.807) is 12.1 Å². The summed E-state index contributed by atoms with van der Waals surface area (Å²) in [6, 6.07) is 4.88. The predicted molar refractivity (Wildman–Crippen MR) is 47.4 cm³/mol. The van der Waals surface area contributed by atoms with Crippen molar-refractivity contribution in [3.63, 3.8) is 0 Å². The molecular weight excluding hydrogens is 154 g/mol. The number of ether oxygens (including phenoxy) is 1. The molecule has 1 aromatic heterocycles. The molecule has 1 unspecified atom stereocenters. The van der Waals surface area contributed by atoms with Gasteiger partial charge < -0.3 is 4.74 Å². The van der Waals surface area contributed by atoms with Gasteiger partial charge in [0.05, 0.1) is 6.10 Å². The zero-order valence-corrected chi connectivity index (χ0v) is 7.33.